The fraction of sp³-hybridized carbons (Fsp3) is 0.292. The summed E-state index contributed by atoms with van der Waals surface area (Å²) in [6, 6.07) is 10.4. The van der Waals surface area contributed by atoms with Gasteiger partial charge in [0.2, 0.25) is 0 Å². The molecular formula is C24H23N5O3. The molecular weight excluding hydrogens is 406 g/mol. The van der Waals surface area contributed by atoms with Crippen molar-refractivity contribution in [3.8, 4) is 11.4 Å². The lowest BCUT2D eigenvalue weighted by Gasteiger charge is -2.12. The highest BCUT2D eigenvalue weighted by Gasteiger charge is 2.33. The number of nitrogens with zero attached hydrogens (tertiary/aromatic N) is 4. The molecule has 2 aliphatic heterocycles. The van der Waals surface area contributed by atoms with Crippen LogP contribution in [0.1, 0.15) is 61.7 Å². The summed E-state index contributed by atoms with van der Waals surface area (Å²) < 4.78 is 2.17. The quantitative estimate of drug-likeness (QED) is 0.643. The Morgan fingerprint density at radius 1 is 0.969 bits per heavy atom. The lowest BCUT2D eigenvalue weighted by atomic mass is 10.0. The molecule has 1 N–H and O–H groups in total. The van der Waals surface area contributed by atoms with E-state index in [1.165, 1.54) is 25.6 Å². The van der Waals surface area contributed by atoms with Crippen LogP contribution in [-0.4, -0.2) is 44.4 Å². The molecule has 8 heteroatoms. The van der Waals surface area contributed by atoms with Crippen molar-refractivity contribution in [2.24, 2.45) is 0 Å². The number of carbonyl (C=O) groups excluding carboxylic acids is 3. The van der Waals surface area contributed by atoms with Crippen LogP contribution in [0.15, 0.2) is 36.4 Å². The van der Waals surface area contributed by atoms with Crippen LogP contribution in [0.3, 0.4) is 0 Å². The predicted octanol–water partition coefficient (Wildman–Crippen LogP) is 3.46. The predicted molar refractivity (Wildman–Crippen MR) is 119 cm³/mol. The zero-order valence-electron chi connectivity index (χ0n) is 18.0. The van der Waals surface area contributed by atoms with E-state index in [0.29, 0.717) is 16.8 Å². The van der Waals surface area contributed by atoms with Crippen molar-refractivity contribution >= 4 is 23.4 Å². The maximum Gasteiger partial charge on any atom is 0.261 e. The number of fused-ring (bicyclic) bond motifs is 2. The fourth-order valence-electron chi connectivity index (χ4n) is 4.29. The molecule has 0 aliphatic carbocycles. The number of hydrogen-bond acceptors (Lipinski definition) is 5. The maximum atomic E-state index is 13.0. The second-order valence-electron chi connectivity index (χ2n) is 8.32. The van der Waals surface area contributed by atoms with E-state index < -0.39 is 5.91 Å². The van der Waals surface area contributed by atoms with E-state index in [0.717, 1.165) is 53.5 Å². The molecule has 0 radical (unpaired) electrons. The lowest BCUT2D eigenvalue weighted by Crippen LogP contribution is -2.24. The van der Waals surface area contributed by atoms with E-state index in [1.54, 1.807) is 6.07 Å². The molecule has 0 saturated carbocycles. The van der Waals surface area contributed by atoms with Gasteiger partial charge in [-0.15, -0.1) is 10.2 Å². The van der Waals surface area contributed by atoms with Crippen LogP contribution in [0.4, 0.5) is 5.69 Å². The second-order valence-corrected chi connectivity index (χ2v) is 8.32. The molecule has 1 aromatic heterocycles. The molecule has 5 rings (SSSR count). The van der Waals surface area contributed by atoms with Crippen molar-refractivity contribution in [1.82, 2.24) is 19.7 Å². The Balaban J connectivity index is 1.44. The highest BCUT2D eigenvalue weighted by atomic mass is 16.2. The van der Waals surface area contributed by atoms with Gasteiger partial charge in [0.25, 0.3) is 17.7 Å². The molecule has 0 spiro atoms. The first-order valence-corrected chi connectivity index (χ1v) is 10.7. The van der Waals surface area contributed by atoms with Gasteiger partial charge < -0.3 is 9.88 Å². The number of hydrogen-bond donors (Lipinski definition) is 1. The first-order valence-electron chi connectivity index (χ1n) is 10.7. The smallest absolute Gasteiger partial charge is 0.261 e. The van der Waals surface area contributed by atoms with Crippen LogP contribution in [0, 0.1) is 6.92 Å². The average Bonchev–Trinajstić information content (AvgIpc) is 3.17. The van der Waals surface area contributed by atoms with E-state index in [4.69, 9.17) is 0 Å². The lowest BCUT2D eigenvalue weighted by molar-refractivity contribution is 0.0693. The van der Waals surface area contributed by atoms with Crippen molar-refractivity contribution in [2.75, 3.05) is 12.4 Å². The number of carbonyl (C=O) groups is 3. The van der Waals surface area contributed by atoms with Gasteiger partial charge in [-0.1, -0.05) is 18.6 Å². The van der Waals surface area contributed by atoms with Gasteiger partial charge in [0.15, 0.2) is 5.82 Å². The Hall–Kier alpha value is -3.81. The minimum atomic E-state index is -0.398. The summed E-state index contributed by atoms with van der Waals surface area (Å²) in [5.41, 5.74) is 3.36. The summed E-state index contributed by atoms with van der Waals surface area (Å²) in [6.07, 6.45) is 4.33. The van der Waals surface area contributed by atoms with Crippen LogP contribution >= 0.6 is 0 Å². The average molecular weight is 429 g/mol. The number of imide groups is 1. The Labute approximate surface area is 185 Å². The van der Waals surface area contributed by atoms with E-state index in [9.17, 15) is 14.4 Å². The highest BCUT2D eigenvalue weighted by Crippen LogP contribution is 2.28. The van der Waals surface area contributed by atoms with Crippen LogP contribution in [-0.2, 0) is 13.0 Å². The van der Waals surface area contributed by atoms with Crippen molar-refractivity contribution in [1.29, 1.82) is 0 Å². The first-order chi connectivity index (χ1) is 15.4. The number of aryl methyl sites for hydroxylation is 2. The number of nitrogens with one attached hydrogen (secondary N) is 1. The van der Waals surface area contributed by atoms with Gasteiger partial charge >= 0.3 is 0 Å². The minimum Gasteiger partial charge on any atom is -0.322 e. The van der Waals surface area contributed by atoms with Gasteiger partial charge in [-0.2, -0.15) is 0 Å². The van der Waals surface area contributed by atoms with Gasteiger partial charge in [-0.05, 0) is 49.6 Å². The molecule has 3 amide bonds. The third kappa shape index (κ3) is 3.28. The second kappa shape index (κ2) is 7.71. The Morgan fingerprint density at radius 3 is 2.62 bits per heavy atom. The van der Waals surface area contributed by atoms with Crippen LogP contribution in [0.2, 0.25) is 0 Å². The summed E-state index contributed by atoms with van der Waals surface area (Å²) in [4.78, 5) is 38.4. The maximum absolute atomic E-state index is 13.0. The van der Waals surface area contributed by atoms with Crippen molar-refractivity contribution in [3.63, 3.8) is 0 Å². The summed E-state index contributed by atoms with van der Waals surface area (Å²) in [6.45, 7) is 2.81. The molecule has 0 atom stereocenters. The molecule has 0 fully saturated rings. The Kier molecular flexibility index (Phi) is 4.84. The first kappa shape index (κ1) is 20.1. The molecule has 162 valence electrons. The normalized spacial score (nSPS) is 15.4. The molecule has 3 heterocycles. The summed E-state index contributed by atoms with van der Waals surface area (Å²) in [5.74, 6) is 0.717. The summed E-state index contributed by atoms with van der Waals surface area (Å²) in [5, 5.41) is 11.7. The van der Waals surface area contributed by atoms with E-state index in [-0.39, 0.29) is 17.4 Å². The number of aromatic nitrogens is 3. The van der Waals surface area contributed by atoms with E-state index in [2.05, 4.69) is 20.1 Å². The van der Waals surface area contributed by atoms with Gasteiger partial charge in [0.1, 0.15) is 5.82 Å². The molecule has 8 nitrogen and oxygen atoms in total. The molecule has 2 aliphatic rings. The number of amides is 3. The molecule has 32 heavy (non-hydrogen) atoms. The Bertz CT molecular complexity index is 1280. The fourth-order valence-corrected chi connectivity index (χ4v) is 4.29. The monoisotopic (exact) mass is 429 g/mol. The number of benzene rings is 2. The molecule has 2 aromatic carbocycles. The SMILES string of the molecule is Cc1ccc(-c2nnc3n2CCCCC3)cc1NC(=O)c1ccc2c(c1)C(=O)N(C)C2=O. The third-order valence-corrected chi connectivity index (χ3v) is 6.21. The Morgan fingerprint density at radius 2 is 1.78 bits per heavy atom. The van der Waals surface area contributed by atoms with Crippen LogP contribution in [0.5, 0.6) is 0 Å². The third-order valence-electron chi connectivity index (χ3n) is 6.21. The van der Waals surface area contributed by atoms with Crippen LogP contribution in [0.25, 0.3) is 11.4 Å². The minimum absolute atomic E-state index is 0.252. The van der Waals surface area contributed by atoms with Crippen molar-refractivity contribution < 1.29 is 14.4 Å². The molecule has 0 unspecified atom stereocenters. The van der Waals surface area contributed by atoms with Gasteiger partial charge in [0.05, 0.1) is 11.1 Å². The van der Waals surface area contributed by atoms with Crippen molar-refractivity contribution in [2.45, 2.75) is 39.2 Å². The largest absolute Gasteiger partial charge is 0.322 e. The highest BCUT2D eigenvalue weighted by molar-refractivity contribution is 6.22. The van der Waals surface area contributed by atoms with Gasteiger partial charge in [-0.25, -0.2) is 0 Å². The van der Waals surface area contributed by atoms with Crippen LogP contribution < -0.4 is 5.32 Å². The molecule has 0 bridgehead atoms. The van der Waals surface area contributed by atoms with Crippen molar-refractivity contribution in [3.05, 3.63) is 64.5 Å². The van der Waals surface area contributed by atoms with E-state index >= 15 is 0 Å². The van der Waals surface area contributed by atoms with Gasteiger partial charge in [0, 0.05) is 36.8 Å². The van der Waals surface area contributed by atoms with Gasteiger partial charge in [-0.3, -0.25) is 19.3 Å². The molecule has 3 aromatic rings. The summed E-state index contributed by atoms with van der Waals surface area (Å²) in [7, 11) is 1.43. The topological polar surface area (TPSA) is 97.2 Å². The molecule has 0 saturated heterocycles. The number of anilines is 1. The standard InChI is InChI=1S/C24H23N5O3/c1-14-7-8-15(21-27-26-20-6-4-3-5-11-29(20)21)13-19(14)25-22(30)16-9-10-17-18(12-16)24(32)28(2)23(17)31/h7-10,12-13H,3-6,11H2,1-2H3,(H,25,30). The van der Waals surface area contributed by atoms with E-state index in [1.807, 2.05) is 25.1 Å². The zero-order chi connectivity index (χ0) is 22.4. The summed E-state index contributed by atoms with van der Waals surface area (Å²) >= 11 is 0. The number of rotatable bonds is 3. The zero-order valence-corrected chi connectivity index (χ0v) is 18.0.